The molecule has 4 heteroatoms. The smallest absolute Gasteiger partial charge is 0.157 e. The van der Waals surface area contributed by atoms with Gasteiger partial charge in [-0.15, -0.1) is 0 Å². The first-order chi connectivity index (χ1) is 5.63. The van der Waals surface area contributed by atoms with Gasteiger partial charge >= 0.3 is 0 Å². The maximum absolute atomic E-state index is 10.9. The highest BCUT2D eigenvalue weighted by atomic mass is 32.2. The molecule has 0 saturated heterocycles. The molecule has 0 aliphatic rings. The highest BCUT2D eigenvalue weighted by Gasteiger charge is 2.18. The lowest BCUT2D eigenvalue weighted by Crippen LogP contribution is -2.26. The van der Waals surface area contributed by atoms with E-state index in [4.69, 9.17) is 5.14 Å². The minimum atomic E-state index is -1.34. The van der Waals surface area contributed by atoms with Crippen LogP contribution in [0.5, 0.6) is 0 Å². The van der Waals surface area contributed by atoms with Crippen LogP contribution in [0.2, 0.25) is 0 Å². The van der Waals surface area contributed by atoms with Crippen LogP contribution in [0, 0.1) is 0 Å². The van der Waals surface area contributed by atoms with Gasteiger partial charge in [0, 0.05) is 29.3 Å². The lowest BCUT2D eigenvalue weighted by atomic mass is 10.1. The van der Waals surface area contributed by atoms with E-state index in [0.29, 0.717) is 0 Å². The molecule has 0 aliphatic carbocycles. The van der Waals surface area contributed by atoms with Gasteiger partial charge < -0.3 is 9.54 Å². The molecule has 3 N–H and O–H groups in total. The summed E-state index contributed by atoms with van der Waals surface area (Å²) in [6, 6.07) is 1.88. The van der Waals surface area contributed by atoms with E-state index in [-0.39, 0.29) is 5.25 Å². The van der Waals surface area contributed by atoms with Crippen molar-refractivity contribution >= 4 is 16.9 Å². The number of rotatable bonds is 3. The van der Waals surface area contributed by atoms with Gasteiger partial charge in [0.25, 0.3) is 0 Å². The molecule has 2 unspecified atom stereocenters. The predicted molar refractivity (Wildman–Crippen MR) is 51.6 cm³/mol. The SMILES string of the molecule is C=C(c1cc[nH]c1)C(C)[S+](N)[O-]. The number of hydrogen-bond donors (Lipinski definition) is 2. The molecule has 0 fully saturated rings. The average Bonchev–Trinajstić information content (AvgIpc) is 2.53. The minimum absolute atomic E-state index is 0.194. The third kappa shape index (κ3) is 1.91. The van der Waals surface area contributed by atoms with Crippen molar-refractivity contribution in [2.24, 2.45) is 5.14 Å². The molecular weight excluding hydrogens is 172 g/mol. The summed E-state index contributed by atoms with van der Waals surface area (Å²) < 4.78 is 10.9. The van der Waals surface area contributed by atoms with E-state index in [9.17, 15) is 4.55 Å². The second-order valence-corrected chi connectivity index (χ2v) is 3.96. The van der Waals surface area contributed by atoms with Crippen molar-refractivity contribution in [3.63, 3.8) is 0 Å². The Morgan fingerprint density at radius 2 is 2.50 bits per heavy atom. The zero-order valence-corrected chi connectivity index (χ0v) is 7.73. The maximum Gasteiger partial charge on any atom is 0.157 e. The van der Waals surface area contributed by atoms with Crippen molar-refractivity contribution in [1.29, 1.82) is 0 Å². The average molecular weight is 184 g/mol. The Labute approximate surface area is 75.0 Å². The first-order valence-corrected chi connectivity index (χ1v) is 4.87. The Morgan fingerprint density at radius 1 is 1.83 bits per heavy atom. The monoisotopic (exact) mass is 184 g/mol. The van der Waals surface area contributed by atoms with E-state index in [1.807, 2.05) is 12.3 Å². The quantitative estimate of drug-likeness (QED) is 0.689. The van der Waals surface area contributed by atoms with Crippen LogP contribution in [0.15, 0.2) is 25.0 Å². The molecule has 3 nitrogen and oxygen atoms in total. The molecule has 0 amide bonds. The first kappa shape index (κ1) is 9.38. The van der Waals surface area contributed by atoms with Gasteiger partial charge in [-0.1, -0.05) is 6.58 Å². The van der Waals surface area contributed by atoms with Crippen LogP contribution in [0.4, 0.5) is 0 Å². The fraction of sp³-hybridized carbons (Fsp3) is 0.250. The molecular formula is C8H12N2OS. The maximum atomic E-state index is 10.9. The molecule has 0 spiro atoms. The zero-order valence-electron chi connectivity index (χ0n) is 6.91. The van der Waals surface area contributed by atoms with Gasteiger partial charge in [-0.2, -0.15) is 5.14 Å². The largest absolute Gasteiger partial charge is 0.598 e. The van der Waals surface area contributed by atoms with Crippen LogP contribution in [0.1, 0.15) is 12.5 Å². The number of hydrogen-bond acceptors (Lipinski definition) is 2. The summed E-state index contributed by atoms with van der Waals surface area (Å²) >= 11 is -1.34. The molecule has 0 aliphatic heterocycles. The Morgan fingerprint density at radius 3 is 2.92 bits per heavy atom. The number of nitrogens with one attached hydrogen (secondary N) is 1. The van der Waals surface area contributed by atoms with Crippen LogP contribution in [-0.4, -0.2) is 14.8 Å². The lowest BCUT2D eigenvalue weighted by Gasteiger charge is -2.13. The highest BCUT2D eigenvalue weighted by Crippen LogP contribution is 2.19. The summed E-state index contributed by atoms with van der Waals surface area (Å²) in [5.74, 6) is 0. The first-order valence-electron chi connectivity index (χ1n) is 3.60. The van der Waals surface area contributed by atoms with Crippen LogP contribution in [-0.2, 0) is 11.4 Å². The van der Waals surface area contributed by atoms with Gasteiger partial charge in [-0.05, 0) is 18.6 Å². The van der Waals surface area contributed by atoms with Crippen LogP contribution in [0.3, 0.4) is 0 Å². The fourth-order valence-corrected chi connectivity index (χ4v) is 1.32. The Balaban J connectivity index is 2.72. The number of aromatic nitrogens is 1. The van der Waals surface area contributed by atoms with E-state index in [1.165, 1.54) is 0 Å². The van der Waals surface area contributed by atoms with Gasteiger partial charge in [0.2, 0.25) is 0 Å². The predicted octanol–water partition coefficient (Wildman–Crippen LogP) is 1.04. The van der Waals surface area contributed by atoms with Crippen LogP contribution >= 0.6 is 0 Å². The van der Waals surface area contributed by atoms with E-state index < -0.39 is 11.4 Å². The van der Waals surface area contributed by atoms with Crippen LogP contribution in [0.25, 0.3) is 5.57 Å². The molecule has 1 aromatic heterocycles. The van der Waals surface area contributed by atoms with Gasteiger partial charge in [-0.25, -0.2) is 0 Å². The van der Waals surface area contributed by atoms with E-state index in [2.05, 4.69) is 11.6 Å². The summed E-state index contributed by atoms with van der Waals surface area (Å²) in [6.45, 7) is 5.62. The summed E-state index contributed by atoms with van der Waals surface area (Å²) in [5.41, 5.74) is 1.76. The molecule has 66 valence electrons. The van der Waals surface area contributed by atoms with Crippen molar-refractivity contribution < 1.29 is 4.55 Å². The van der Waals surface area contributed by atoms with E-state index in [1.54, 1.807) is 13.1 Å². The molecule has 1 rings (SSSR count). The third-order valence-electron chi connectivity index (χ3n) is 1.81. The van der Waals surface area contributed by atoms with Gasteiger partial charge in [0.15, 0.2) is 5.25 Å². The van der Waals surface area contributed by atoms with Crippen molar-refractivity contribution in [2.45, 2.75) is 12.2 Å². The Bertz CT molecular complexity index is 256. The summed E-state index contributed by atoms with van der Waals surface area (Å²) in [4.78, 5) is 2.90. The second-order valence-electron chi connectivity index (χ2n) is 2.60. The van der Waals surface area contributed by atoms with Gasteiger partial charge in [-0.3, -0.25) is 0 Å². The molecule has 2 atom stereocenters. The summed E-state index contributed by atoms with van der Waals surface area (Å²) in [7, 11) is 0. The van der Waals surface area contributed by atoms with Crippen molar-refractivity contribution in [3.05, 3.63) is 30.6 Å². The topological polar surface area (TPSA) is 64.9 Å². The van der Waals surface area contributed by atoms with Crippen molar-refractivity contribution in [1.82, 2.24) is 4.98 Å². The van der Waals surface area contributed by atoms with Crippen molar-refractivity contribution in [3.8, 4) is 0 Å². The van der Waals surface area contributed by atoms with Gasteiger partial charge in [0.05, 0.1) is 0 Å². The Kier molecular flexibility index (Phi) is 2.97. The molecule has 0 saturated carbocycles. The normalized spacial score (nSPS) is 15.6. The number of aromatic amines is 1. The van der Waals surface area contributed by atoms with Crippen molar-refractivity contribution in [2.75, 3.05) is 0 Å². The lowest BCUT2D eigenvalue weighted by molar-refractivity contribution is 0.593. The molecule has 12 heavy (non-hydrogen) atoms. The number of nitrogens with two attached hydrogens (primary N) is 1. The zero-order chi connectivity index (χ0) is 9.14. The second kappa shape index (κ2) is 3.80. The third-order valence-corrected chi connectivity index (χ3v) is 2.79. The minimum Gasteiger partial charge on any atom is -0.598 e. The Hall–Kier alpha value is -0.710. The van der Waals surface area contributed by atoms with Crippen LogP contribution < -0.4 is 5.14 Å². The standard InChI is InChI=1S/C8H12N2OS/c1-6(7(2)12(9)11)8-3-4-10-5-8/h3-5,7,10H,1,9H2,2H3. The fourth-order valence-electron chi connectivity index (χ4n) is 0.899. The summed E-state index contributed by atoms with van der Waals surface area (Å²) in [5, 5.41) is 5.05. The van der Waals surface area contributed by atoms with E-state index in [0.717, 1.165) is 11.1 Å². The molecule has 0 radical (unpaired) electrons. The highest BCUT2D eigenvalue weighted by molar-refractivity contribution is 7.90. The molecule has 0 aromatic carbocycles. The molecule has 0 bridgehead atoms. The molecule has 1 aromatic rings. The summed E-state index contributed by atoms with van der Waals surface area (Å²) in [6.07, 6.45) is 3.61. The molecule has 1 heterocycles. The van der Waals surface area contributed by atoms with E-state index >= 15 is 0 Å². The number of H-pyrrole nitrogens is 1. The van der Waals surface area contributed by atoms with Gasteiger partial charge in [0.1, 0.15) is 0 Å².